The van der Waals surface area contributed by atoms with Crippen LogP contribution in [0.5, 0.6) is 0 Å². The van der Waals surface area contributed by atoms with E-state index in [1.165, 1.54) is 25.7 Å². The van der Waals surface area contributed by atoms with Crippen LogP contribution in [-0.4, -0.2) is 13.1 Å². The van der Waals surface area contributed by atoms with Crippen molar-refractivity contribution in [3.63, 3.8) is 0 Å². The number of halogens is 1. The van der Waals surface area contributed by atoms with Gasteiger partial charge in [0.25, 0.3) is 0 Å². The van der Waals surface area contributed by atoms with Crippen LogP contribution in [0.4, 0.5) is 4.39 Å². The fraction of sp³-hybridized carbons (Fsp3) is 0.571. The van der Waals surface area contributed by atoms with Gasteiger partial charge >= 0.3 is 0 Å². The minimum absolute atomic E-state index is 0.0688. The van der Waals surface area contributed by atoms with E-state index in [0.717, 1.165) is 17.9 Å². The highest BCUT2D eigenvalue weighted by Crippen LogP contribution is 2.29. The normalized spacial score (nSPS) is 18.9. The fourth-order valence-electron chi connectivity index (χ4n) is 2.77. The maximum absolute atomic E-state index is 13.5. The Hall–Kier alpha value is -0.890. The molecule has 88 valence electrons. The van der Waals surface area contributed by atoms with Crippen LogP contribution in [0.2, 0.25) is 0 Å². The van der Waals surface area contributed by atoms with Gasteiger partial charge in [-0.3, -0.25) is 0 Å². The highest BCUT2D eigenvalue weighted by molar-refractivity contribution is 5.18. The van der Waals surface area contributed by atoms with E-state index in [2.05, 4.69) is 5.32 Å². The van der Waals surface area contributed by atoms with Crippen LogP contribution < -0.4 is 5.32 Å². The summed E-state index contributed by atoms with van der Waals surface area (Å²) in [5.74, 6) is 0.658. The molecule has 1 aromatic rings. The summed E-state index contributed by atoms with van der Waals surface area (Å²) in [6.45, 7) is 0. The first kappa shape index (κ1) is 11.6. The van der Waals surface area contributed by atoms with Crippen molar-refractivity contribution in [3.05, 3.63) is 35.6 Å². The summed E-state index contributed by atoms with van der Waals surface area (Å²) < 4.78 is 13.5. The zero-order valence-corrected chi connectivity index (χ0v) is 9.88. The molecule has 0 aromatic heterocycles. The molecular weight excluding hydrogens is 201 g/mol. The zero-order valence-electron chi connectivity index (χ0n) is 9.88. The van der Waals surface area contributed by atoms with Crippen LogP contribution in [0.15, 0.2) is 24.3 Å². The Labute approximate surface area is 97.1 Å². The topological polar surface area (TPSA) is 12.0 Å². The average molecular weight is 221 g/mol. The molecule has 0 aliphatic heterocycles. The molecule has 0 spiro atoms. The summed E-state index contributed by atoms with van der Waals surface area (Å²) >= 11 is 0. The van der Waals surface area contributed by atoms with Crippen molar-refractivity contribution in [2.75, 3.05) is 7.05 Å². The number of hydrogen-bond donors (Lipinski definition) is 1. The lowest BCUT2D eigenvalue weighted by atomic mass is 9.92. The average Bonchev–Trinajstić information content (AvgIpc) is 2.81. The predicted octanol–water partition coefficient (Wildman–Crippen LogP) is 3.15. The Bertz CT molecular complexity index is 331. The van der Waals surface area contributed by atoms with Crippen LogP contribution in [0, 0.1) is 11.7 Å². The van der Waals surface area contributed by atoms with E-state index < -0.39 is 0 Å². The van der Waals surface area contributed by atoms with Gasteiger partial charge in [-0.15, -0.1) is 0 Å². The third-order valence-corrected chi connectivity index (χ3v) is 3.74. The van der Waals surface area contributed by atoms with Crippen molar-refractivity contribution < 1.29 is 4.39 Å². The number of nitrogens with one attached hydrogen (secondary N) is 1. The molecule has 1 N–H and O–H groups in total. The third kappa shape index (κ3) is 2.62. The summed E-state index contributed by atoms with van der Waals surface area (Å²) in [6.07, 6.45) is 6.06. The molecule has 1 aliphatic rings. The molecule has 1 unspecified atom stereocenters. The quantitative estimate of drug-likeness (QED) is 0.823. The van der Waals surface area contributed by atoms with E-state index in [1.54, 1.807) is 12.1 Å². The second-order valence-electron chi connectivity index (χ2n) is 4.74. The van der Waals surface area contributed by atoms with E-state index >= 15 is 0 Å². The Morgan fingerprint density at radius 3 is 2.62 bits per heavy atom. The largest absolute Gasteiger partial charge is 0.316 e. The van der Waals surface area contributed by atoms with E-state index in [4.69, 9.17) is 0 Å². The summed E-state index contributed by atoms with van der Waals surface area (Å²) in [5, 5.41) is 3.35. The first-order valence-electron chi connectivity index (χ1n) is 6.22. The highest BCUT2D eigenvalue weighted by atomic mass is 19.1. The molecule has 1 aliphatic carbocycles. The summed E-state index contributed by atoms with van der Waals surface area (Å²) in [6, 6.07) is 7.55. The van der Waals surface area contributed by atoms with Gasteiger partial charge in [0.2, 0.25) is 0 Å². The predicted molar refractivity (Wildman–Crippen MR) is 64.9 cm³/mol. The van der Waals surface area contributed by atoms with Gasteiger partial charge in [-0.2, -0.15) is 0 Å². The van der Waals surface area contributed by atoms with E-state index in [1.807, 2.05) is 19.2 Å². The second kappa shape index (κ2) is 5.44. The van der Waals surface area contributed by atoms with Gasteiger partial charge in [0, 0.05) is 6.04 Å². The van der Waals surface area contributed by atoms with Crippen LogP contribution >= 0.6 is 0 Å². The molecule has 0 radical (unpaired) electrons. The Kier molecular flexibility index (Phi) is 3.94. The minimum atomic E-state index is -0.0688. The first-order valence-corrected chi connectivity index (χ1v) is 6.22. The lowest BCUT2D eigenvalue weighted by Gasteiger charge is -2.23. The molecule has 1 saturated carbocycles. The summed E-state index contributed by atoms with van der Waals surface area (Å²) in [4.78, 5) is 0. The number of hydrogen-bond acceptors (Lipinski definition) is 1. The van der Waals surface area contributed by atoms with E-state index in [-0.39, 0.29) is 5.82 Å². The maximum atomic E-state index is 13.5. The van der Waals surface area contributed by atoms with Gasteiger partial charge in [-0.25, -0.2) is 4.39 Å². The Morgan fingerprint density at radius 2 is 2.00 bits per heavy atom. The monoisotopic (exact) mass is 221 g/mol. The van der Waals surface area contributed by atoms with Gasteiger partial charge in [0.05, 0.1) is 0 Å². The van der Waals surface area contributed by atoms with Crippen molar-refractivity contribution in [1.29, 1.82) is 0 Å². The molecule has 0 bridgehead atoms. The van der Waals surface area contributed by atoms with Crippen LogP contribution in [0.1, 0.15) is 31.2 Å². The summed E-state index contributed by atoms with van der Waals surface area (Å²) in [7, 11) is 1.99. The molecule has 1 aromatic carbocycles. The molecule has 0 amide bonds. The molecule has 0 heterocycles. The van der Waals surface area contributed by atoms with E-state index in [9.17, 15) is 4.39 Å². The molecule has 1 fully saturated rings. The second-order valence-corrected chi connectivity index (χ2v) is 4.74. The van der Waals surface area contributed by atoms with E-state index in [0.29, 0.717) is 6.04 Å². The number of likely N-dealkylation sites (N-methyl/N-ethyl adjacent to an activating group) is 1. The molecule has 16 heavy (non-hydrogen) atoms. The Balaban J connectivity index is 2.03. The highest BCUT2D eigenvalue weighted by Gasteiger charge is 2.24. The van der Waals surface area contributed by atoms with Crippen LogP contribution in [0.3, 0.4) is 0 Å². The fourth-order valence-corrected chi connectivity index (χ4v) is 2.77. The zero-order chi connectivity index (χ0) is 11.4. The molecule has 2 heteroatoms. The maximum Gasteiger partial charge on any atom is 0.126 e. The van der Waals surface area contributed by atoms with Crippen molar-refractivity contribution in [2.45, 2.75) is 38.1 Å². The van der Waals surface area contributed by atoms with Crippen molar-refractivity contribution >= 4 is 0 Å². The third-order valence-electron chi connectivity index (χ3n) is 3.74. The van der Waals surface area contributed by atoms with Gasteiger partial charge in [0.1, 0.15) is 5.82 Å². The van der Waals surface area contributed by atoms with Crippen LogP contribution in [-0.2, 0) is 6.42 Å². The van der Waals surface area contributed by atoms with Gasteiger partial charge in [-0.1, -0.05) is 31.0 Å². The SMILES string of the molecule is CNC(Cc1ccccc1F)C1CCCC1. The number of rotatable bonds is 4. The molecule has 2 rings (SSSR count). The van der Waals surface area contributed by atoms with Gasteiger partial charge in [-0.05, 0) is 43.9 Å². The molecular formula is C14H20FN. The van der Waals surface area contributed by atoms with Crippen molar-refractivity contribution in [2.24, 2.45) is 5.92 Å². The van der Waals surface area contributed by atoms with Gasteiger partial charge in [0.15, 0.2) is 0 Å². The summed E-state index contributed by atoms with van der Waals surface area (Å²) in [5.41, 5.74) is 0.841. The molecule has 1 nitrogen and oxygen atoms in total. The molecule has 1 atom stereocenters. The van der Waals surface area contributed by atoms with Crippen molar-refractivity contribution in [1.82, 2.24) is 5.32 Å². The smallest absolute Gasteiger partial charge is 0.126 e. The lowest BCUT2D eigenvalue weighted by molar-refractivity contribution is 0.373. The minimum Gasteiger partial charge on any atom is -0.316 e. The van der Waals surface area contributed by atoms with Crippen molar-refractivity contribution in [3.8, 4) is 0 Å². The lowest BCUT2D eigenvalue weighted by Crippen LogP contribution is -2.34. The Morgan fingerprint density at radius 1 is 1.31 bits per heavy atom. The van der Waals surface area contributed by atoms with Gasteiger partial charge < -0.3 is 5.32 Å². The standard InChI is InChI=1S/C14H20FN/c1-16-14(11-6-2-3-7-11)10-12-8-4-5-9-13(12)15/h4-5,8-9,11,14,16H,2-3,6-7,10H2,1H3. The number of benzene rings is 1. The molecule has 0 saturated heterocycles. The van der Waals surface area contributed by atoms with Crippen LogP contribution in [0.25, 0.3) is 0 Å². The first-order chi connectivity index (χ1) is 7.81.